The summed E-state index contributed by atoms with van der Waals surface area (Å²) in [5.41, 5.74) is 2.79. The monoisotopic (exact) mass is 642 g/mol. The molecule has 0 unspecified atom stereocenters. The normalized spacial score (nSPS) is 15.4. The molecule has 43 heavy (non-hydrogen) atoms. The van der Waals surface area contributed by atoms with E-state index in [4.69, 9.17) is 18.1 Å². The Labute approximate surface area is 262 Å². The van der Waals surface area contributed by atoms with E-state index in [2.05, 4.69) is 34.6 Å². The number of hydrogen-bond donors (Lipinski definition) is 1. The number of rotatable bonds is 19. The maximum absolute atomic E-state index is 14.9. The molecule has 0 heterocycles. The first kappa shape index (κ1) is 38.2. The van der Waals surface area contributed by atoms with Crippen molar-refractivity contribution in [3.63, 3.8) is 0 Å². The highest BCUT2D eigenvalue weighted by Gasteiger charge is 2.46. The molecule has 1 aliphatic carbocycles. The molecule has 1 aliphatic rings. The van der Waals surface area contributed by atoms with E-state index in [1.807, 2.05) is 33.8 Å². The van der Waals surface area contributed by atoms with E-state index in [0.29, 0.717) is 31.4 Å². The largest absolute Gasteiger partial charge is 0.507 e. The van der Waals surface area contributed by atoms with Gasteiger partial charge in [-0.2, -0.15) is 0 Å². The van der Waals surface area contributed by atoms with Crippen LogP contribution in [0.5, 0.6) is 5.75 Å². The Kier molecular flexibility index (Phi) is 15.2. The van der Waals surface area contributed by atoms with Gasteiger partial charge >= 0.3 is 15.2 Å². The number of aromatic hydroxyl groups is 1. The fourth-order valence-corrected chi connectivity index (χ4v) is 10.0. The van der Waals surface area contributed by atoms with Gasteiger partial charge in [-0.1, -0.05) is 88.0 Å². The van der Waals surface area contributed by atoms with Crippen LogP contribution >= 0.6 is 15.2 Å². The quantitative estimate of drug-likeness (QED) is 0.119. The van der Waals surface area contributed by atoms with Crippen molar-refractivity contribution in [2.75, 3.05) is 26.4 Å². The van der Waals surface area contributed by atoms with Crippen molar-refractivity contribution < 1.29 is 32.3 Å². The summed E-state index contributed by atoms with van der Waals surface area (Å²) in [5.74, 6) is 0.314. The van der Waals surface area contributed by atoms with Crippen molar-refractivity contribution in [2.45, 2.75) is 144 Å². The van der Waals surface area contributed by atoms with Crippen LogP contribution in [0.2, 0.25) is 0 Å². The molecule has 0 fully saturated rings. The van der Waals surface area contributed by atoms with Crippen LogP contribution in [0, 0.1) is 0 Å². The third kappa shape index (κ3) is 10.3. The number of benzene rings is 1. The second-order valence-electron chi connectivity index (χ2n) is 13.4. The number of unbranched alkanes of at least 4 members (excludes halogenated alkanes) is 4. The third-order valence-corrected chi connectivity index (χ3v) is 13.0. The lowest BCUT2D eigenvalue weighted by Gasteiger charge is -2.37. The van der Waals surface area contributed by atoms with Gasteiger partial charge in [0.1, 0.15) is 5.75 Å². The topological polar surface area (TPSA) is 91.3 Å². The van der Waals surface area contributed by atoms with Gasteiger partial charge in [0.15, 0.2) is 5.06 Å². The summed E-state index contributed by atoms with van der Waals surface area (Å²) < 4.78 is 54.3. The van der Waals surface area contributed by atoms with Crippen LogP contribution in [0.4, 0.5) is 0 Å². The van der Waals surface area contributed by atoms with Crippen molar-refractivity contribution >= 4 is 21.3 Å². The Bertz CT molecular complexity index is 1080. The highest BCUT2D eigenvalue weighted by Crippen LogP contribution is 2.74. The first-order valence-corrected chi connectivity index (χ1v) is 19.7. The predicted molar refractivity (Wildman–Crippen MR) is 179 cm³/mol. The second-order valence-corrected chi connectivity index (χ2v) is 17.8. The predicted octanol–water partition coefficient (Wildman–Crippen LogP) is 11.3. The molecule has 0 aromatic heterocycles. The molecule has 0 amide bonds. The van der Waals surface area contributed by atoms with Crippen molar-refractivity contribution in [2.24, 2.45) is 0 Å². The zero-order valence-corrected chi connectivity index (χ0v) is 30.3. The van der Waals surface area contributed by atoms with Crippen LogP contribution in [-0.4, -0.2) is 31.5 Å². The number of phenols is 1. The van der Waals surface area contributed by atoms with Gasteiger partial charge in [0.05, 0.1) is 26.4 Å². The molecule has 0 saturated carbocycles. The SMILES string of the molecule is CCCCOP(=O)(OCCCC)C(=Cc1cc(C(C)(C)C)c(O)c2c1CCCC2(C)C)P(=O)(OCCCC)OCCCC. The molecular weight excluding hydrogens is 582 g/mol. The van der Waals surface area contributed by atoms with Crippen LogP contribution < -0.4 is 0 Å². The van der Waals surface area contributed by atoms with E-state index in [1.165, 1.54) is 0 Å². The molecule has 0 atom stereocenters. The zero-order chi connectivity index (χ0) is 32.3. The lowest BCUT2D eigenvalue weighted by molar-refractivity contribution is 0.194. The Morgan fingerprint density at radius 3 is 1.63 bits per heavy atom. The summed E-state index contributed by atoms with van der Waals surface area (Å²) in [6, 6.07) is 1.96. The molecule has 7 nitrogen and oxygen atoms in total. The average Bonchev–Trinajstić information content (AvgIpc) is 2.92. The minimum Gasteiger partial charge on any atom is -0.507 e. The summed E-state index contributed by atoms with van der Waals surface area (Å²) in [6.45, 7) is 19.5. The second kappa shape index (κ2) is 17.1. The number of phenolic OH excluding ortho intramolecular Hbond substituents is 1. The van der Waals surface area contributed by atoms with E-state index < -0.39 is 15.2 Å². The van der Waals surface area contributed by atoms with Crippen molar-refractivity contribution in [1.82, 2.24) is 0 Å². The van der Waals surface area contributed by atoms with E-state index in [-0.39, 0.29) is 42.3 Å². The van der Waals surface area contributed by atoms with Gasteiger partial charge in [0.25, 0.3) is 0 Å². The summed E-state index contributed by atoms with van der Waals surface area (Å²) in [6.07, 6.45) is 10.5. The van der Waals surface area contributed by atoms with Crippen LogP contribution in [0.1, 0.15) is 149 Å². The standard InChI is InChI=1S/C34H60O7P2/c1-10-14-21-38-42(36,39-22-15-11-2)30(43(37,40-23-16-12-3)41-24-17-13-4)26-27-25-29(33(5,6)7)32(35)31-28(27)19-18-20-34(31,8)9/h25-26,35H,10-24H2,1-9H3. The summed E-state index contributed by atoms with van der Waals surface area (Å²) >= 11 is 0. The molecule has 1 aromatic carbocycles. The van der Waals surface area contributed by atoms with Crippen molar-refractivity contribution in [1.29, 1.82) is 0 Å². The molecule has 0 bridgehead atoms. The molecule has 0 saturated heterocycles. The van der Waals surface area contributed by atoms with Gasteiger partial charge in [-0.25, -0.2) is 0 Å². The van der Waals surface area contributed by atoms with Crippen LogP contribution in [0.15, 0.2) is 11.1 Å². The fourth-order valence-electron chi connectivity index (χ4n) is 5.37. The van der Waals surface area contributed by atoms with Gasteiger partial charge in [0, 0.05) is 11.1 Å². The molecule has 0 spiro atoms. The highest BCUT2D eigenvalue weighted by atomic mass is 31.2. The van der Waals surface area contributed by atoms with E-state index in [0.717, 1.165) is 67.2 Å². The van der Waals surface area contributed by atoms with Crippen molar-refractivity contribution in [3.8, 4) is 5.75 Å². The highest BCUT2D eigenvalue weighted by molar-refractivity contribution is 7.79. The summed E-state index contributed by atoms with van der Waals surface area (Å²) in [7, 11) is -8.25. The first-order valence-electron chi connectivity index (χ1n) is 16.6. The fraction of sp³-hybridized carbons (Fsp3) is 0.765. The molecule has 2 rings (SSSR count). The molecule has 0 radical (unpaired) electrons. The Balaban J connectivity index is 2.98. The van der Waals surface area contributed by atoms with E-state index >= 15 is 0 Å². The summed E-state index contributed by atoms with van der Waals surface area (Å²) in [5, 5.41) is 11.6. The lowest BCUT2D eigenvalue weighted by Crippen LogP contribution is -2.26. The molecule has 1 aromatic rings. The smallest absolute Gasteiger partial charge is 0.369 e. The zero-order valence-electron chi connectivity index (χ0n) is 28.6. The van der Waals surface area contributed by atoms with Gasteiger partial charge in [-0.15, -0.1) is 0 Å². The van der Waals surface area contributed by atoms with Crippen LogP contribution in [0.3, 0.4) is 0 Å². The van der Waals surface area contributed by atoms with Gasteiger partial charge < -0.3 is 23.2 Å². The minimum atomic E-state index is -4.12. The summed E-state index contributed by atoms with van der Waals surface area (Å²) in [4.78, 5) is 0. The molecule has 0 aliphatic heterocycles. The van der Waals surface area contributed by atoms with E-state index in [1.54, 1.807) is 6.08 Å². The van der Waals surface area contributed by atoms with Gasteiger partial charge in [0.2, 0.25) is 0 Å². The molecular formula is C34H60O7P2. The minimum absolute atomic E-state index is 0.0319. The maximum atomic E-state index is 14.9. The lowest BCUT2D eigenvalue weighted by atomic mass is 9.68. The first-order chi connectivity index (χ1) is 20.2. The maximum Gasteiger partial charge on any atom is 0.369 e. The van der Waals surface area contributed by atoms with E-state index in [9.17, 15) is 14.2 Å². The third-order valence-electron chi connectivity index (χ3n) is 8.04. The molecule has 248 valence electrons. The van der Waals surface area contributed by atoms with Gasteiger partial charge in [-0.3, -0.25) is 9.13 Å². The van der Waals surface area contributed by atoms with Crippen LogP contribution in [0.25, 0.3) is 6.08 Å². The van der Waals surface area contributed by atoms with Gasteiger partial charge in [-0.05, 0) is 79.0 Å². The number of fused-ring (bicyclic) bond motifs is 1. The Hall–Kier alpha value is -0.940. The Morgan fingerprint density at radius 2 is 1.26 bits per heavy atom. The van der Waals surface area contributed by atoms with Crippen LogP contribution in [-0.2, 0) is 44.5 Å². The average molecular weight is 643 g/mol. The number of hydrogen-bond acceptors (Lipinski definition) is 7. The van der Waals surface area contributed by atoms with Crippen molar-refractivity contribution in [3.05, 3.63) is 33.4 Å². The molecule has 1 N–H and O–H groups in total. The molecule has 9 heteroatoms. The Morgan fingerprint density at radius 1 is 0.837 bits per heavy atom.